The van der Waals surface area contributed by atoms with E-state index in [1.54, 1.807) is 0 Å². The van der Waals surface area contributed by atoms with E-state index in [1.165, 1.54) is 24.5 Å². The molecule has 0 unspecified atom stereocenters. The molecule has 1 aliphatic carbocycles. The number of aryl methyl sites for hydroxylation is 1. The van der Waals surface area contributed by atoms with Crippen molar-refractivity contribution in [1.29, 1.82) is 0 Å². The molecule has 1 heterocycles. The molecule has 0 atom stereocenters. The predicted octanol–water partition coefficient (Wildman–Crippen LogP) is 3.48. The first-order valence-electron chi connectivity index (χ1n) is 6.07. The van der Waals surface area contributed by atoms with Crippen LogP contribution in [-0.2, 0) is 6.54 Å². The van der Waals surface area contributed by atoms with E-state index >= 15 is 0 Å². The summed E-state index contributed by atoms with van der Waals surface area (Å²) in [5.74, 6) is 1.22. The van der Waals surface area contributed by atoms with Crippen LogP contribution in [-0.4, -0.2) is 7.05 Å². The SMILES string of the molecule is CNCc1oc2c(F)ccc(C)c2c1C1CC1. The Morgan fingerprint density at radius 3 is 2.82 bits per heavy atom. The van der Waals surface area contributed by atoms with Gasteiger partial charge in [0.15, 0.2) is 11.4 Å². The number of furan rings is 1. The Hall–Kier alpha value is -1.35. The van der Waals surface area contributed by atoms with Gasteiger partial charge in [-0.05, 0) is 44.4 Å². The summed E-state index contributed by atoms with van der Waals surface area (Å²) in [6.45, 7) is 2.69. The number of benzene rings is 1. The number of rotatable bonds is 3. The van der Waals surface area contributed by atoms with Crippen molar-refractivity contribution in [3.8, 4) is 0 Å². The first-order valence-corrected chi connectivity index (χ1v) is 6.07. The van der Waals surface area contributed by atoms with Crippen LogP contribution in [0.25, 0.3) is 11.0 Å². The van der Waals surface area contributed by atoms with E-state index in [9.17, 15) is 4.39 Å². The quantitative estimate of drug-likeness (QED) is 0.878. The molecule has 0 radical (unpaired) electrons. The molecule has 1 aliphatic rings. The topological polar surface area (TPSA) is 25.2 Å². The Bertz CT molecular complexity index is 569. The van der Waals surface area contributed by atoms with Gasteiger partial charge in [-0.2, -0.15) is 0 Å². The number of hydrogen-bond acceptors (Lipinski definition) is 2. The van der Waals surface area contributed by atoms with Gasteiger partial charge in [0.1, 0.15) is 5.76 Å². The maximum Gasteiger partial charge on any atom is 0.170 e. The Balaban J connectivity index is 2.30. The molecule has 0 amide bonds. The minimum Gasteiger partial charge on any atom is -0.456 e. The van der Waals surface area contributed by atoms with Gasteiger partial charge in [0, 0.05) is 10.9 Å². The van der Waals surface area contributed by atoms with E-state index in [2.05, 4.69) is 5.32 Å². The van der Waals surface area contributed by atoms with E-state index in [0.717, 1.165) is 16.7 Å². The summed E-state index contributed by atoms with van der Waals surface area (Å²) in [7, 11) is 1.88. The van der Waals surface area contributed by atoms with Crippen LogP contribution < -0.4 is 5.32 Å². The Kier molecular flexibility index (Phi) is 2.44. The van der Waals surface area contributed by atoms with Gasteiger partial charge in [0.2, 0.25) is 0 Å². The maximum absolute atomic E-state index is 13.8. The lowest BCUT2D eigenvalue weighted by Crippen LogP contribution is -2.05. The second kappa shape index (κ2) is 3.84. The molecule has 1 aromatic carbocycles. The molecule has 17 heavy (non-hydrogen) atoms. The van der Waals surface area contributed by atoms with Crippen LogP contribution in [0.5, 0.6) is 0 Å². The van der Waals surface area contributed by atoms with Crippen molar-refractivity contribution in [2.24, 2.45) is 0 Å². The summed E-state index contributed by atoms with van der Waals surface area (Å²) in [5, 5.41) is 4.09. The molecule has 2 nitrogen and oxygen atoms in total. The molecule has 3 rings (SSSR count). The maximum atomic E-state index is 13.8. The molecule has 90 valence electrons. The van der Waals surface area contributed by atoms with E-state index in [1.807, 2.05) is 20.0 Å². The zero-order chi connectivity index (χ0) is 12.0. The van der Waals surface area contributed by atoms with Crippen molar-refractivity contribution in [2.75, 3.05) is 7.05 Å². The summed E-state index contributed by atoms with van der Waals surface area (Å²) in [4.78, 5) is 0. The fraction of sp³-hybridized carbons (Fsp3) is 0.429. The highest BCUT2D eigenvalue weighted by molar-refractivity contribution is 5.87. The van der Waals surface area contributed by atoms with Gasteiger partial charge in [-0.25, -0.2) is 4.39 Å². The first-order chi connectivity index (χ1) is 8.22. The van der Waals surface area contributed by atoms with Crippen molar-refractivity contribution in [1.82, 2.24) is 5.32 Å². The fourth-order valence-corrected chi connectivity index (χ4v) is 2.50. The molecule has 1 aromatic heterocycles. The monoisotopic (exact) mass is 233 g/mol. The largest absolute Gasteiger partial charge is 0.456 e. The van der Waals surface area contributed by atoms with Crippen LogP contribution in [0, 0.1) is 12.7 Å². The molecule has 0 saturated heterocycles. The highest BCUT2D eigenvalue weighted by Gasteiger charge is 2.31. The van der Waals surface area contributed by atoms with Crippen molar-refractivity contribution < 1.29 is 8.81 Å². The number of nitrogens with one attached hydrogen (secondary N) is 1. The van der Waals surface area contributed by atoms with E-state index in [0.29, 0.717) is 18.0 Å². The Labute approximate surface area is 99.8 Å². The smallest absolute Gasteiger partial charge is 0.170 e. The van der Waals surface area contributed by atoms with Crippen molar-refractivity contribution in [3.63, 3.8) is 0 Å². The third kappa shape index (κ3) is 1.65. The highest BCUT2D eigenvalue weighted by Crippen LogP contribution is 2.47. The number of fused-ring (bicyclic) bond motifs is 1. The molecule has 1 saturated carbocycles. The number of halogens is 1. The molecule has 0 aliphatic heterocycles. The normalized spacial score (nSPS) is 15.7. The summed E-state index contributed by atoms with van der Waals surface area (Å²) >= 11 is 0. The lowest BCUT2D eigenvalue weighted by Gasteiger charge is -2.01. The third-order valence-corrected chi connectivity index (χ3v) is 3.44. The van der Waals surface area contributed by atoms with Crippen molar-refractivity contribution >= 4 is 11.0 Å². The molecule has 1 fully saturated rings. The van der Waals surface area contributed by atoms with Crippen molar-refractivity contribution in [2.45, 2.75) is 32.2 Å². The standard InChI is InChI=1S/C14H16FNO/c1-8-3-6-10(15)14-12(8)13(9-4-5-9)11(17-14)7-16-2/h3,6,9,16H,4-5,7H2,1-2H3. The molecule has 3 heteroatoms. The van der Waals surface area contributed by atoms with Crippen LogP contribution in [0.4, 0.5) is 4.39 Å². The van der Waals surface area contributed by atoms with E-state index in [-0.39, 0.29) is 5.82 Å². The van der Waals surface area contributed by atoms with Gasteiger partial charge in [0.05, 0.1) is 6.54 Å². The van der Waals surface area contributed by atoms with Gasteiger partial charge in [-0.1, -0.05) is 6.07 Å². The van der Waals surface area contributed by atoms with Crippen LogP contribution in [0.15, 0.2) is 16.5 Å². The van der Waals surface area contributed by atoms with Gasteiger partial charge in [-0.3, -0.25) is 0 Å². The third-order valence-electron chi connectivity index (χ3n) is 3.44. The summed E-state index contributed by atoms with van der Waals surface area (Å²) in [5.41, 5.74) is 2.76. The van der Waals surface area contributed by atoms with E-state index in [4.69, 9.17) is 4.42 Å². The minimum absolute atomic E-state index is 0.255. The Morgan fingerprint density at radius 1 is 1.41 bits per heavy atom. The lowest BCUT2D eigenvalue weighted by atomic mass is 10.0. The van der Waals surface area contributed by atoms with Gasteiger partial charge in [0.25, 0.3) is 0 Å². The fourth-order valence-electron chi connectivity index (χ4n) is 2.50. The van der Waals surface area contributed by atoms with Crippen LogP contribution in [0.3, 0.4) is 0 Å². The first kappa shape index (κ1) is 10.8. The van der Waals surface area contributed by atoms with Gasteiger partial charge < -0.3 is 9.73 Å². The van der Waals surface area contributed by atoms with Crippen LogP contribution in [0.1, 0.15) is 35.6 Å². The second-order valence-electron chi connectivity index (χ2n) is 4.81. The average Bonchev–Trinajstić information content (AvgIpc) is 3.06. The summed E-state index contributed by atoms with van der Waals surface area (Å²) in [6.07, 6.45) is 2.39. The molecule has 1 N–H and O–H groups in total. The second-order valence-corrected chi connectivity index (χ2v) is 4.81. The summed E-state index contributed by atoms with van der Waals surface area (Å²) < 4.78 is 19.5. The predicted molar refractivity (Wildman–Crippen MR) is 65.6 cm³/mol. The summed E-state index contributed by atoms with van der Waals surface area (Å²) in [6, 6.07) is 3.32. The number of hydrogen-bond donors (Lipinski definition) is 1. The lowest BCUT2D eigenvalue weighted by molar-refractivity contribution is 0.502. The zero-order valence-electron chi connectivity index (χ0n) is 10.1. The van der Waals surface area contributed by atoms with Gasteiger partial charge >= 0.3 is 0 Å². The van der Waals surface area contributed by atoms with Gasteiger partial charge in [-0.15, -0.1) is 0 Å². The van der Waals surface area contributed by atoms with Crippen LogP contribution >= 0.6 is 0 Å². The molecular formula is C14H16FNO. The van der Waals surface area contributed by atoms with Crippen molar-refractivity contribution in [3.05, 3.63) is 34.8 Å². The Morgan fingerprint density at radius 2 is 2.18 bits per heavy atom. The molecular weight excluding hydrogens is 217 g/mol. The van der Waals surface area contributed by atoms with E-state index < -0.39 is 0 Å². The molecule has 2 aromatic rings. The zero-order valence-corrected chi connectivity index (χ0v) is 10.1. The minimum atomic E-state index is -0.255. The van der Waals surface area contributed by atoms with Crippen LogP contribution in [0.2, 0.25) is 0 Å². The molecule has 0 spiro atoms. The average molecular weight is 233 g/mol. The molecule has 0 bridgehead atoms. The highest BCUT2D eigenvalue weighted by atomic mass is 19.1.